The number of nitrogens with one attached hydrogen (secondary N) is 1. The zero-order valence-electron chi connectivity index (χ0n) is 21.3. The van der Waals surface area contributed by atoms with Crippen molar-refractivity contribution >= 4 is 11.7 Å². The summed E-state index contributed by atoms with van der Waals surface area (Å²) in [5.74, 6) is -0.140. The van der Waals surface area contributed by atoms with E-state index in [-0.39, 0.29) is 62.0 Å². The lowest BCUT2D eigenvalue weighted by Crippen LogP contribution is -2.54. The Hall–Kier alpha value is -2.12. The first-order valence-electron chi connectivity index (χ1n) is 13.3. The normalized spacial score (nSPS) is 34.4. The summed E-state index contributed by atoms with van der Waals surface area (Å²) in [7, 11) is -0.203. The topological polar surface area (TPSA) is 79.8 Å². The summed E-state index contributed by atoms with van der Waals surface area (Å²) >= 11 is 0. The van der Waals surface area contributed by atoms with E-state index >= 15 is 0 Å². The van der Waals surface area contributed by atoms with Gasteiger partial charge in [0.2, 0.25) is 12.3 Å². The molecule has 4 heterocycles. The molecule has 2 bridgehead atoms. The largest absolute Gasteiger partial charge is 0.433 e. The van der Waals surface area contributed by atoms with Crippen molar-refractivity contribution in [2.45, 2.75) is 81.4 Å². The van der Waals surface area contributed by atoms with Crippen molar-refractivity contribution in [2.24, 2.45) is 5.41 Å². The minimum absolute atomic E-state index is 0.0811. The van der Waals surface area contributed by atoms with E-state index in [9.17, 15) is 26.7 Å². The van der Waals surface area contributed by atoms with E-state index in [2.05, 4.69) is 15.3 Å². The number of hydrogen-bond acceptors (Lipinski definition) is 7. The quantitative estimate of drug-likeness (QED) is 0.539. The van der Waals surface area contributed by atoms with Crippen molar-refractivity contribution in [2.75, 3.05) is 38.3 Å². The number of alkyl halides is 5. The number of hydrogen-bond donors (Lipinski definition) is 1. The Morgan fingerprint density at radius 1 is 1.32 bits per heavy atom. The number of ether oxygens (including phenoxy) is 2. The maximum atomic E-state index is 13.8. The first-order valence-corrected chi connectivity index (χ1v) is 12.6. The van der Waals surface area contributed by atoms with Gasteiger partial charge in [0.25, 0.3) is 0 Å². The number of anilines is 1. The van der Waals surface area contributed by atoms with E-state index in [0.29, 0.717) is 45.4 Å². The molecule has 4 fully saturated rings. The molecule has 0 spiro atoms. The third kappa shape index (κ3) is 5.26. The highest BCUT2D eigenvalue weighted by Crippen LogP contribution is 2.47. The highest BCUT2D eigenvalue weighted by molar-refractivity contribution is 5.84. The molecule has 3 aliphatic heterocycles. The zero-order valence-corrected chi connectivity index (χ0v) is 20.3. The van der Waals surface area contributed by atoms with Crippen LogP contribution < -0.4 is 10.2 Å². The number of piperazine rings is 1. The molecule has 5 rings (SSSR count). The highest BCUT2D eigenvalue weighted by atomic mass is 19.4. The van der Waals surface area contributed by atoms with E-state index in [4.69, 9.17) is 10.8 Å². The molecule has 8 nitrogen and oxygen atoms in total. The van der Waals surface area contributed by atoms with E-state index in [1.165, 1.54) is 0 Å². The summed E-state index contributed by atoms with van der Waals surface area (Å²) in [6.45, 7) is 1.45. The van der Waals surface area contributed by atoms with Crippen LogP contribution in [-0.4, -0.2) is 90.9 Å². The van der Waals surface area contributed by atoms with Crippen LogP contribution in [0.15, 0.2) is 12.4 Å². The number of carbonyl (C=O) groups is 1. The average Bonchev–Trinajstić information content (AvgIpc) is 3.59. The van der Waals surface area contributed by atoms with Gasteiger partial charge in [0.05, 0.1) is 31.6 Å². The van der Waals surface area contributed by atoms with Gasteiger partial charge in [-0.2, -0.15) is 13.2 Å². The minimum atomic E-state index is -4.59. The van der Waals surface area contributed by atoms with Gasteiger partial charge >= 0.3 is 6.18 Å². The smallest absolute Gasteiger partial charge is 0.379 e. The summed E-state index contributed by atoms with van der Waals surface area (Å²) < 4.78 is 85.2. The summed E-state index contributed by atoms with van der Waals surface area (Å²) in [6, 6.07) is 0.178. The van der Waals surface area contributed by atoms with E-state index < -0.39 is 30.1 Å². The Labute approximate surface area is 213 Å². The van der Waals surface area contributed by atoms with Crippen molar-refractivity contribution in [1.29, 1.82) is 0 Å². The monoisotopic (exact) mass is 534 g/mol. The average molecular weight is 535 g/mol. The van der Waals surface area contributed by atoms with Gasteiger partial charge in [-0.05, 0) is 32.1 Å². The van der Waals surface area contributed by atoms with Crippen LogP contribution in [0.5, 0.6) is 0 Å². The number of methoxy groups -OCH3 is 1. The number of likely N-dealkylation sites (tertiary alicyclic amines) is 1. The number of fused-ring (bicyclic) bond motifs is 2. The van der Waals surface area contributed by atoms with Gasteiger partial charge < -0.3 is 24.6 Å². The van der Waals surface area contributed by atoms with Crippen molar-refractivity contribution in [3.05, 3.63) is 18.1 Å². The van der Waals surface area contributed by atoms with Gasteiger partial charge in [-0.25, -0.2) is 18.7 Å². The number of carbonyl (C=O) groups excluding carboxylic acids is 1. The van der Waals surface area contributed by atoms with Gasteiger partial charge in [-0.1, -0.05) is 0 Å². The first-order chi connectivity index (χ1) is 18.1. The molecule has 1 aliphatic carbocycles. The Morgan fingerprint density at radius 3 is 2.86 bits per heavy atom. The van der Waals surface area contributed by atoms with Gasteiger partial charge in [-0.3, -0.25) is 4.79 Å². The Morgan fingerprint density at radius 2 is 2.16 bits per heavy atom. The van der Waals surface area contributed by atoms with Gasteiger partial charge in [0.15, 0.2) is 0 Å². The summed E-state index contributed by atoms with van der Waals surface area (Å²) in [6.07, 6.45) is -4.78. The number of halogens is 5. The van der Waals surface area contributed by atoms with Crippen LogP contribution in [0, 0.1) is 5.41 Å². The molecule has 0 aromatic carbocycles. The van der Waals surface area contributed by atoms with E-state index in [1.807, 2.05) is 0 Å². The molecule has 1 aromatic rings. The van der Waals surface area contributed by atoms with Crippen LogP contribution in [0.1, 0.15) is 45.6 Å². The van der Waals surface area contributed by atoms with Gasteiger partial charge in [0.1, 0.15) is 17.8 Å². The number of rotatable bonds is 7. The molecule has 206 valence electrons. The number of amides is 1. The Bertz CT molecular complexity index is 1000. The summed E-state index contributed by atoms with van der Waals surface area (Å²) in [5.41, 5.74) is -2.23. The summed E-state index contributed by atoms with van der Waals surface area (Å²) in [4.78, 5) is 24.6. The molecule has 4 aliphatic rings. The Balaban J connectivity index is 1.26. The van der Waals surface area contributed by atoms with Crippen molar-refractivity contribution in [3.8, 4) is 0 Å². The predicted molar refractivity (Wildman–Crippen MR) is 122 cm³/mol. The minimum Gasteiger partial charge on any atom is -0.379 e. The van der Waals surface area contributed by atoms with Crippen molar-refractivity contribution < 1.29 is 37.6 Å². The SMILES string of the molecule is [2H]CO[C@@H]1COCC[C@@H]1N[C@@H]1CC[C@](CC(F)F)(C(=O)N2C[C@@H]3C[C@H]2CN3c2cc(C(F)(F)F)ncn2)C1. The highest BCUT2D eigenvalue weighted by Gasteiger charge is 2.54. The molecular weight excluding hydrogens is 501 g/mol. The zero-order chi connectivity index (χ0) is 27.1. The van der Waals surface area contributed by atoms with Crippen LogP contribution in [0.2, 0.25) is 0 Å². The van der Waals surface area contributed by atoms with E-state index in [1.54, 1.807) is 9.80 Å². The second-order valence-electron chi connectivity index (χ2n) is 10.6. The molecule has 6 atom stereocenters. The second-order valence-corrected chi connectivity index (χ2v) is 10.6. The molecule has 3 saturated heterocycles. The fourth-order valence-electron chi connectivity index (χ4n) is 6.56. The molecule has 0 unspecified atom stereocenters. The van der Waals surface area contributed by atoms with Gasteiger partial charge in [0, 0.05) is 51.4 Å². The molecule has 1 saturated carbocycles. The first kappa shape index (κ1) is 25.2. The van der Waals surface area contributed by atoms with Crippen LogP contribution in [0.3, 0.4) is 0 Å². The number of nitrogens with zero attached hydrogens (tertiary/aromatic N) is 4. The lowest BCUT2D eigenvalue weighted by atomic mass is 9.80. The summed E-state index contributed by atoms with van der Waals surface area (Å²) in [5, 5.41) is 3.49. The lowest BCUT2D eigenvalue weighted by molar-refractivity contribution is -0.146. The van der Waals surface area contributed by atoms with E-state index in [0.717, 1.165) is 12.4 Å². The molecule has 0 radical (unpaired) electrons. The van der Waals surface area contributed by atoms with Crippen LogP contribution >= 0.6 is 0 Å². The van der Waals surface area contributed by atoms with Crippen LogP contribution in [0.25, 0.3) is 0 Å². The fraction of sp³-hybridized carbons (Fsp3) is 0.792. The maximum absolute atomic E-state index is 13.8. The van der Waals surface area contributed by atoms with Crippen molar-refractivity contribution in [3.63, 3.8) is 0 Å². The molecule has 1 amide bonds. The molecular formula is C24H32F5N5O3. The number of aromatic nitrogens is 2. The van der Waals surface area contributed by atoms with Crippen LogP contribution in [-0.2, 0) is 20.4 Å². The predicted octanol–water partition coefficient (Wildman–Crippen LogP) is 2.87. The fourth-order valence-corrected chi connectivity index (χ4v) is 6.56. The molecule has 37 heavy (non-hydrogen) atoms. The third-order valence-electron chi connectivity index (χ3n) is 8.31. The molecule has 13 heteroatoms. The van der Waals surface area contributed by atoms with Gasteiger partial charge in [-0.15, -0.1) is 0 Å². The standard InChI is InChI=1S/C24H32F5N5O3/c1-36-18-12-37-5-3-17(18)32-14-2-4-23(8-14,9-20(25)26)22(35)34-11-15-6-16(34)10-33(15)21-7-19(24(27,28)29)30-13-31-21/h7,13-18,20,32H,2-6,8-12H2,1H3/t14-,15+,16+,17+,18-,23+/m1/s1/i1D. The van der Waals surface area contributed by atoms with Crippen molar-refractivity contribution in [1.82, 2.24) is 20.2 Å². The lowest BCUT2D eigenvalue weighted by Gasteiger charge is -2.40. The molecule has 1 aromatic heterocycles. The maximum Gasteiger partial charge on any atom is 0.433 e. The second kappa shape index (κ2) is 10.2. The van der Waals surface area contributed by atoms with Crippen LogP contribution in [0.4, 0.5) is 27.8 Å². The third-order valence-corrected chi connectivity index (χ3v) is 8.31. The Kier molecular flexibility index (Phi) is 6.95. The molecule has 1 N–H and O–H groups in total.